The molecule has 1 aliphatic carbocycles. The number of thioether (sulfide) groups is 1. The molecule has 2 heterocycles. The van der Waals surface area contributed by atoms with Crippen molar-refractivity contribution in [3.05, 3.63) is 69.6 Å². The minimum atomic E-state index is -0.669. The topological polar surface area (TPSA) is 153 Å². The summed E-state index contributed by atoms with van der Waals surface area (Å²) in [4.78, 5) is 27.8. The molecule has 5 rings (SSSR count). The van der Waals surface area contributed by atoms with E-state index < -0.39 is 5.92 Å². The van der Waals surface area contributed by atoms with Crippen LogP contribution in [0, 0.1) is 11.3 Å². The molecular formula is C29H27ClN6O5S2. The van der Waals surface area contributed by atoms with Gasteiger partial charge in [-0.15, -0.1) is 10.2 Å². The highest BCUT2D eigenvalue weighted by atomic mass is 35.5. The monoisotopic (exact) mass is 638 g/mol. The van der Waals surface area contributed by atoms with Crippen molar-refractivity contribution < 1.29 is 23.8 Å². The minimum absolute atomic E-state index is 0.0485. The van der Waals surface area contributed by atoms with E-state index in [9.17, 15) is 14.9 Å². The fourth-order valence-electron chi connectivity index (χ4n) is 5.11. The van der Waals surface area contributed by atoms with Crippen molar-refractivity contribution in [3.8, 4) is 23.3 Å². The number of methoxy groups -OCH3 is 3. The maximum atomic E-state index is 13.4. The highest BCUT2D eigenvalue weighted by Gasteiger charge is 2.41. The standard InChI is InChI=1S/C29H27ClN6O5S2/c1-39-21-10-8-16(30)12-18(21)33-24(38)14-42-29-35-34-28(43-29)36-19-5-4-6-20(37)26(19)25(17(13-31)27(36)32)15-7-9-22(40-2)23(11-15)41-3/h7-12,25H,4-6,14,32H2,1-3H3,(H,33,38). The molecule has 1 aliphatic heterocycles. The molecule has 1 amide bonds. The lowest BCUT2D eigenvalue weighted by atomic mass is 9.75. The summed E-state index contributed by atoms with van der Waals surface area (Å²) in [5.41, 5.74) is 9.22. The first-order valence-corrected chi connectivity index (χ1v) is 15.2. The zero-order valence-corrected chi connectivity index (χ0v) is 25.9. The average molecular weight is 639 g/mol. The van der Waals surface area contributed by atoms with Gasteiger partial charge in [-0.1, -0.05) is 40.8 Å². The molecule has 0 radical (unpaired) electrons. The largest absolute Gasteiger partial charge is 0.495 e. The first kappa shape index (κ1) is 30.2. The summed E-state index contributed by atoms with van der Waals surface area (Å²) in [6.07, 6.45) is 1.56. The summed E-state index contributed by atoms with van der Waals surface area (Å²) < 4.78 is 16.7. The van der Waals surface area contributed by atoms with Crippen LogP contribution in [-0.2, 0) is 9.59 Å². The van der Waals surface area contributed by atoms with Gasteiger partial charge in [-0.25, -0.2) is 0 Å². The first-order chi connectivity index (χ1) is 20.8. The zero-order valence-electron chi connectivity index (χ0n) is 23.5. The van der Waals surface area contributed by atoms with Gasteiger partial charge < -0.3 is 25.3 Å². The summed E-state index contributed by atoms with van der Waals surface area (Å²) in [6.45, 7) is 0. The molecule has 0 saturated carbocycles. The van der Waals surface area contributed by atoms with Crippen LogP contribution >= 0.6 is 34.7 Å². The number of nitrogens with zero attached hydrogens (tertiary/aromatic N) is 4. The van der Waals surface area contributed by atoms with Crippen molar-refractivity contribution in [3.63, 3.8) is 0 Å². The van der Waals surface area contributed by atoms with E-state index in [-0.39, 0.29) is 28.8 Å². The quantitative estimate of drug-likeness (QED) is 0.295. The third-order valence-electron chi connectivity index (χ3n) is 7.00. The molecule has 3 N–H and O–H groups in total. The maximum Gasteiger partial charge on any atom is 0.234 e. The van der Waals surface area contributed by atoms with Crippen LogP contribution in [-0.4, -0.2) is 49.0 Å². The molecule has 14 heteroatoms. The lowest BCUT2D eigenvalue weighted by Gasteiger charge is -2.38. The Balaban J connectivity index is 1.43. The van der Waals surface area contributed by atoms with Crippen molar-refractivity contribution in [2.75, 3.05) is 37.3 Å². The Hall–Kier alpha value is -4.25. The Kier molecular flexibility index (Phi) is 9.10. The molecule has 3 aromatic rings. The lowest BCUT2D eigenvalue weighted by molar-refractivity contribution is -0.116. The molecule has 1 unspecified atom stereocenters. The fourth-order valence-corrected chi connectivity index (χ4v) is 6.97. The van der Waals surface area contributed by atoms with Gasteiger partial charge in [-0.05, 0) is 48.7 Å². The van der Waals surface area contributed by atoms with Gasteiger partial charge in [0.05, 0.1) is 50.3 Å². The van der Waals surface area contributed by atoms with E-state index in [0.717, 1.165) is 0 Å². The van der Waals surface area contributed by atoms with Crippen LogP contribution in [0.1, 0.15) is 30.7 Å². The smallest absolute Gasteiger partial charge is 0.234 e. The number of amides is 1. The molecule has 2 aromatic carbocycles. The lowest BCUT2D eigenvalue weighted by Crippen LogP contribution is -2.38. The molecule has 1 aromatic heterocycles. The molecule has 0 saturated heterocycles. The number of nitrogens with two attached hydrogens (primary N) is 1. The van der Waals surface area contributed by atoms with E-state index >= 15 is 0 Å². The Morgan fingerprint density at radius 3 is 2.60 bits per heavy atom. The molecular weight excluding hydrogens is 612 g/mol. The van der Waals surface area contributed by atoms with Gasteiger partial charge in [0.2, 0.25) is 11.0 Å². The zero-order chi connectivity index (χ0) is 30.7. The number of aromatic nitrogens is 2. The third kappa shape index (κ3) is 5.99. The number of benzene rings is 2. The highest BCUT2D eigenvalue weighted by Crippen LogP contribution is 2.48. The second kappa shape index (κ2) is 12.9. The Bertz CT molecular complexity index is 1700. The summed E-state index contributed by atoms with van der Waals surface area (Å²) >= 11 is 8.47. The van der Waals surface area contributed by atoms with Crippen molar-refractivity contribution in [1.29, 1.82) is 5.26 Å². The number of carbonyl (C=O) groups is 2. The predicted octanol–water partition coefficient (Wildman–Crippen LogP) is 5.25. The molecule has 0 bridgehead atoms. The van der Waals surface area contributed by atoms with E-state index in [4.69, 9.17) is 31.5 Å². The van der Waals surface area contributed by atoms with Gasteiger partial charge in [0, 0.05) is 22.7 Å². The van der Waals surface area contributed by atoms with Crippen LogP contribution < -0.4 is 30.2 Å². The number of Topliss-reactive ketones (excluding diaryl/α,β-unsaturated/α-hetero) is 1. The van der Waals surface area contributed by atoms with Gasteiger partial charge in [0.15, 0.2) is 21.6 Å². The summed E-state index contributed by atoms with van der Waals surface area (Å²) in [7, 11) is 4.57. The molecule has 2 aliphatic rings. The predicted molar refractivity (Wildman–Crippen MR) is 165 cm³/mol. The van der Waals surface area contributed by atoms with Crippen LogP contribution in [0.5, 0.6) is 17.2 Å². The number of hydrogen-bond acceptors (Lipinski definition) is 12. The van der Waals surface area contributed by atoms with Crippen LogP contribution in [0.4, 0.5) is 10.8 Å². The van der Waals surface area contributed by atoms with Crippen molar-refractivity contribution in [1.82, 2.24) is 10.2 Å². The second-order valence-electron chi connectivity index (χ2n) is 9.46. The molecule has 11 nitrogen and oxygen atoms in total. The van der Waals surface area contributed by atoms with Gasteiger partial charge in [-0.2, -0.15) is 5.26 Å². The maximum absolute atomic E-state index is 13.4. The van der Waals surface area contributed by atoms with Crippen molar-refractivity contribution >= 4 is 57.2 Å². The van der Waals surface area contributed by atoms with Crippen LogP contribution in [0.25, 0.3) is 0 Å². The number of halogens is 1. The summed E-state index contributed by atoms with van der Waals surface area (Å²) in [6, 6.07) is 12.5. The fraction of sp³-hybridized carbons (Fsp3) is 0.276. The van der Waals surface area contributed by atoms with Crippen LogP contribution in [0.15, 0.2) is 63.4 Å². The average Bonchev–Trinajstić information content (AvgIpc) is 3.47. The van der Waals surface area contributed by atoms with Gasteiger partial charge in [0.1, 0.15) is 11.6 Å². The van der Waals surface area contributed by atoms with Gasteiger partial charge in [0.25, 0.3) is 0 Å². The Morgan fingerprint density at radius 2 is 1.88 bits per heavy atom. The summed E-state index contributed by atoms with van der Waals surface area (Å²) in [5, 5.41) is 22.5. The molecule has 222 valence electrons. The van der Waals surface area contributed by atoms with E-state index in [2.05, 4.69) is 21.6 Å². The molecule has 43 heavy (non-hydrogen) atoms. The van der Waals surface area contributed by atoms with E-state index in [0.29, 0.717) is 73.5 Å². The van der Waals surface area contributed by atoms with Crippen molar-refractivity contribution in [2.45, 2.75) is 29.5 Å². The number of rotatable bonds is 9. The first-order valence-electron chi connectivity index (χ1n) is 13.1. The van der Waals surface area contributed by atoms with Gasteiger partial charge in [-0.3, -0.25) is 14.5 Å². The SMILES string of the molecule is COc1ccc(Cl)cc1NC(=O)CSc1nnc(N2C(N)=C(C#N)C(c3ccc(OC)c(OC)c3)C3=C2CCCC3=O)s1. The highest BCUT2D eigenvalue weighted by molar-refractivity contribution is 8.01. The second-order valence-corrected chi connectivity index (χ2v) is 12.1. The number of carbonyl (C=O) groups excluding carboxylic acids is 2. The molecule has 1 atom stereocenters. The number of anilines is 2. The normalized spacial score (nSPS) is 16.5. The number of hydrogen-bond donors (Lipinski definition) is 2. The van der Waals surface area contributed by atoms with Crippen LogP contribution in [0.3, 0.4) is 0 Å². The number of ketones is 1. The van der Waals surface area contributed by atoms with E-state index in [1.807, 2.05) is 6.07 Å². The minimum Gasteiger partial charge on any atom is -0.495 e. The third-order valence-corrected chi connectivity index (χ3v) is 9.28. The number of allylic oxidation sites excluding steroid dienone is 3. The molecule has 0 fully saturated rings. The Morgan fingerprint density at radius 1 is 1.14 bits per heavy atom. The molecule has 0 spiro atoms. The Labute approximate surface area is 261 Å². The van der Waals surface area contributed by atoms with E-state index in [1.54, 1.807) is 35.2 Å². The summed E-state index contributed by atoms with van der Waals surface area (Å²) in [5.74, 6) is 0.707. The number of ether oxygens (including phenoxy) is 3. The van der Waals surface area contributed by atoms with Gasteiger partial charge >= 0.3 is 0 Å². The number of nitrogens with one attached hydrogen (secondary N) is 1. The van der Waals surface area contributed by atoms with E-state index in [1.165, 1.54) is 44.4 Å². The number of nitriles is 1. The van der Waals surface area contributed by atoms with Crippen molar-refractivity contribution in [2.24, 2.45) is 5.73 Å². The van der Waals surface area contributed by atoms with Crippen LogP contribution in [0.2, 0.25) is 5.02 Å².